The van der Waals surface area contributed by atoms with E-state index in [9.17, 15) is 0 Å². The molecule has 2 nitrogen and oxygen atoms in total. The second-order valence-corrected chi connectivity index (χ2v) is 8.24. The van der Waals surface area contributed by atoms with Crippen molar-refractivity contribution < 1.29 is 4.74 Å². The minimum Gasteiger partial charge on any atom is -0.378 e. The fraction of sp³-hybridized carbons (Fsp3) is 0.765. The van der Waals surface area contributed by atoms with Crippen LogP contribution in [0.5, 0.6) is 0 Å². The molecule has 3 rings (SSSR count). The lowest BCUT2D eigenvalue weighted by molar-refractivity contribution is -0.149. The number of nitrogens with one attached hydrogen (secondary N) is 1. The Morgan fingerprint density at radius 2 is 2.14 bits per heavy atom. The van der Waals surface area contributed by atoms with Crippen LogP contribution in [0.3, 0.4) is 0 Å². The lowest BCUT2D eigenvalue weighted by atomic mass is 9.55. The average Bonchev–Trinajstić information content (AvgIpc) is 2.92. The van der Waals surface area contributed by atoms with E-state index in [0.29, 0.717) is 17.6 Å². The molecule has 2 unspecified atom stereocenters. The second-order valence-electron chi connectivity index (χ2n) is 6.44. The lowest BCUT2D eigenvalue weighted by Gasteiger charge is -2.58. The zero-order valence-electron chi connectivity index (χ0n) is 12.9. The van der Waals surface area contributed by atoms with Gasteiger partial charge < -0.3 is 10.1 Å². The molecule has 21 heavy (non-hydrogen) atoms. The molecule has 0 aliphatic heterocycles. The average molecular weight is 328 g/mol. The van der Waals surface area contributed by atoms with Crippen molar-refractivity contribution in [3.63, 3.8) is 0 Å². The zero-order chi connectivity index (χ0) is 14.7. The Kier molecular flexibility index (Phi) is 5.26. The highest BCUT2D eigenvalue weighted by molar-refractivity contribution is 7.16. The van der Waals surface area contributed by atoms with Crippen molar-refractivity contribution in [2.24, 2.45) is 5.41 Å². The maximum atomic E-state index is 6.01. The molecule has 1 heterocycles. The molecule has 0 amide bonds. The third-order valence-corrected chi connectivity index (χ3v) is 6.62. The normalized spacial score (nSPS) is 27.7. The van der Waals surface area contributed by atoms with Gasteiger partial charge in [-0.1, -0.05) is 30.9 Å². The summed E-state index contributed by atoms with van der Waals surface area (Å²) in [5.41, 5.74) is 0.432. The Bertz CT molecular complexity index is 455. The van der Waals surface area contributed by atoms with Gasteiger partial charge in [0.2, 0.25) is 0 Å². The van der Waals surface area contributed by atoms with Crippen LogP contribution in [0.1, 0.15) is 50.3 Å². The summed E-state index contributed by atoms with van der Waals surface area (Å²) in [6, 6.07) is 4.80. The van der Waals surface area contributed by atoms with Crippen LogP contribution in [0.4, 0.5) is 0 Å². The van der Waals surface area contributed by atoms with Gasteiger partial charge in [0.1, 0.15) is 0 Å². The first kappa shape index (κ1) is 15.8. The molecule has 2 saturated carbocycles. The van der Waals surface area contributed by atoms with E-state index < -0.39 is 0 Å². The predicted octanol–water partition coefficient (Wildman–Crippen LogP) is 4.66. The summed E-state index contributed by atoms with van der Waals surface area (Å²) in [7, 11) is 0. The molecule has 2 aliphatic rings. The smallest absolute Gasteiger partial charge is 0.0931 e. The number of rotatable bonds is 6. The van der Waals surface area contributed by atoms with E-state index in [4.69, 9.17) is 16.3 Å². The van der Waals surface area contributed by atoms with Gasteiger partial charge in [-0.05, 0) is 44.7 Å². The van der Waals surface area contributed by atoms with Gasteiger partial charge in [0.25, 0.3) is 0 Å². The third-order valence-electron chi connectivity index (χ3n) is 5.33. The first-order valence-corrected chi connectivity index (χ1v) is 9.53. The maximum absolute atomic E-state index is 6.01. The Hall–Kier alpha value is -0.0900. The first-order chi connectivity index (χ1) is 10.2. The molecule has 0 saturated heterocycles. The summed E-state index contributed by atoms with van der Waals surface area (Å²) < 4.78 is 6.91. The topological polar surface area (TPSA) is 21.3 Å². The van der Waals surface area contributed by atoms with E-state index in [1.807, 2.05) is 6.07 Å². The quantitative estimate of drug-likeness (QED) is 0.820. The molecular formula is C17H26ClNOS. The van der Waals surface area contributed by atoms with Crippen molar-refractivity contribution in [3.05, 3.63) is 21.3 Å². The number of hydrogen-bond donors (Lipinski definition) is 1. The number of hydrogen-bond acceptors (Lipinski definition) is 3. The van der Waals surface area contributed by atoms with Crippen molar-refractivity contribution in [2.45, 2.75) is 64.0 Å². The molecule has 1 N–H and O–H groups in total. The molecule has 4 heteroatoms. The molecule has 2 aliphatic carbocycles. The Morgan fingerprint density at radius 1 is 1.33 bits per heavy atom. The van der Waals surface area contributed by atoms with Gasteiger partial charge in [0, 0.05) is 29.5 Å². The minimum absolute atomic E-state index is 0.432. The Balaban J connectivity index is 1.52. The van der Waals surface area contributed by atoms with Crippen LogP contribution in [-0.2, 0) is 11.2 Å². The largest absolute Gasteiger partial charge is 0.378 e. The molecule has 118 valence electrons. The molecule has 1 spiro atoms. The van der Waals surface area contributed by atoms with Gasteiger partial charge >= 0.3 is 0 Å². The fourth-order valence-electron chi connectivity index (χ4n) is 4.21. The van der Waals surface area contributed by atoms with Gasteiger partial charge in [0.05, 0.1) is 10.4 Å². The molecule has 1 aromatic rings. The predicted molar refractivity (Wildman–Crippen MR) is 90.4 cm³/mol. The van der Waals surface area contributed by atoms with Crippen molar-refractivity contribution in [2.75, 3.05) is 13.2 Å². The van der Waals surface area contributed by atoms with Crippen LogP contribution in [0.25, 0.3) is 0 Å². The van der Waals surface area contributed by atoms with E-state index in [-0.39, 0.29) is 0 Å². The molecule has 2 fully saturated rings. The van der Waals surface area contributed by atoms with Crippen LogP contribution in [-0.4, -0.2) is 25.3 Å². The molecule has 0 aromatic carbocycles. The molecule has 0 bridgehead atoms. The Morgan fingerprint density at radius 3 is 2.81 bits per heavy atom. The highest BCUT2D eigenvalue weighted by atomic mass is 35.5. The summed E-state index contributed by atoms with van der Waals surface area (Å²) in [6.45, 7) is 4.03. The third kappa shape index (κ3) is 3.31. The minimum atomic E-state index is 0.432. The van der Waals surface area contributed by atoms with Crippen molar-refractivity contribution in [1.29, 1.82) is 0 Å². The number of halogens is 1. The highest BCUT2D eigenvalue weighted by Gasteiger charge is 2.55. The van der Waals surface area contributed by atoms with Gasteiger partial charge in [-0.25, -0.2) is 0 Å². The van der Waals surface area contributed by atoms with Gasteiger partial charge in [0.15, 0.2) is 0 Å². The van der Waals surface area contributed by atoms with E-state index in [2.05, 4.69) is 18.3 Å². The van der Waals surface area contributed by atoms with Crippen LogP contribution < -0.4 is 5.32 Å². The molecular weight excluding hydrogens is 302 g/mol. The van der Waals surface area contributed by atoms with E-state index >= 15 is 0 Å². The summed E-state index contributed by atoms with van der Waals surface area (Å²) in [4.78, 5) is 1.38. The van der Waals surface area contributed by atoms with Gasteiger partial charge in [-0.2, -0.15) is 0 Å². The summed E-state index contributed by atoms with van der Waals surface area (Å²) in [5, 5.41) is 3.81. The first-order valence-electron chi connectivity index (χ1n) is 8.34. The van der Waals surface area contributed by atoms with Crippen molar-refractivity contribution in [1.82, 2.24) is 5.32 Å². The highest BCUT2D eigenvalue weighted by Crippen LogP contribution is 2.53. The summed E-state index contributed by atoms with van der Waals surface area (Å²) in [6.07, 6.45) is 9.63. The van der Waals surface area contributed by atoms with Crippen molar-refractivity contribution >= 4 is 22.9 Å². The zero-order valence-corrected chi connectivity index (χ0v) is 14.4. The second kappa shape index (κ2) is 6.99. The standard InChI is InChI=1S/C17H26ClNOS/c1-2-20-15-12-14(17(15)9-4-3-5-10-17)19-11-8-13-6-7-16(18)21-13/h6-7,14-15,19H,2-5,8-12H2,1H3. The van der Waals surface area contributed by atoms with E-state index in [1.165, 1.54) is 43.4 Å². The monoisotopic (exact) mass is 327 g/mol. The maximum Gasteiger partial charge on any atom is 0.0931 e. The lowest BCUT2D eigenvalue weighted by Crippen LogP contribution is -2.64. The van der Waals surface area contributed by atoms with Gasteiger partial charge in [-0.15, -0.1) is 11.3 Å². The van der Waals surface area contributed by atoms with Crippen LogP contribution in [0, 0.1) is 5.41 Å². The Labute approximate surface area is 137 Å². The van der Waals surface area contributed by atoms with E-state index in [0.717, 1.165) is 23.9 Å². The van der Waals surface area contributed by atoms with Crippen LogP contribution in [0.15, 0.2) is 12.1 Å². The number of thiophene rings is 1. The molecule has 1 aromatic heterocycles. The fourth-order valence-corrected chi connectivity index (χ4v) is 5.29. The molecule has 0 radical (unpaired) electrons. The van der Waals surface area contributed by atoms with Crippen molar-refractivity contribution in [3.8, 4) is 0 Å². The molecule has 2 atom stereocenters. The van der Waals surface area contributed by atoms with Gasteiger partial charge in [-0.3, -0.25) is 0 Å². The van der Waals surface area contributed by atoms with E-state index in [1.54, 1.807) is 11.3 Å². The van der Waals surface area contributed by atoms with Crippen LogP contribution in [0.2, 0.25) is 4.34 Å². The number of ether oxygens (including phenoxy) is 1. The SMILES string of the molecule is CCOC1CC(NCCc2ccc(Cl)s2)C12CCCCC2. The summed E-state index contributed by atoms with van der Waals surface area (Å²) in [5.74, 6) is 0. The summed E-state index contributed by atoms with van der Waals surface area (Å²) >= 11 is 7.69. The van der Waals surface area contributed by atoms with Crippen LogP contribution >= 0.6 is 22.9 Å².